The van der Waals surface area contributed by atoms with Gasteiger partial charge in [0.2, 0.25) is 3.79 Å². The van der Waals surface area contributed by atoms with Gasteiger partial charge in [0.05, 0.1) is 0 Å². The molecule has 0 aliphatic heterocycles. The first kappa shape index (κ1) is 16.1. The average molecular weight is 325 g/mol. The SMILES string of the molecule is O=C(NCCC(=O)c1ccccc1)OCC(Cl)(Cl)Cl. The summed E-state index contributed by atoms with van der Waals surface area (Å²) in [5, 5.41) is 2.40. The van der Waals surface area contributed by atoms with Crippen molar-refractivity contribution in [2.24, 2.45) is 0 Å². The monoisotopic (exact) mass is 323 g/mol. The van der Waals surface area contributed by atoms with Gasteiger partial charge in [-0.2, -0.15) is 0 Å². The minimum atomic E-state index is -1.64. The van der Waals surface area contributed by atoms with E-state index in [-0.39, 0.29) is 25.4 Å². The molecule has 0 atom stereocenters. The van der Waals surface area contributed by atoms with E-state index in [0.717, 1.165) is 0 Å². The van der Waals surface area contributed by atoms with Gasteiger partial charge in [0.15, 0.2) is 5.78 Å². The molecule has 1 N–H and O–H groups in total. The van der Waals surface area contributed by atoms with Gasteiger partial charge in [-0.1, -0.05) is 65.1 Å². The van der Waals surface area contributed by atoms with Gasteiger partial charge in [0.25, 0.3) is 0 Å². The molecular formula is C12H12Cl3NO3. The van der Waals surface area contributed by atoms with Gasteiger partial charge in [-0.15, -0.1) is 0 Å². The van der Waals surface area contributed by atoms with Gasteiger partial charge < -0.3 is 10.1 Å². The molecule has 0 bridgehead atoms. The Kier molecular flexibility index (Phi) is 6.42. The highest BCUT2D eigenvalue weighted by Gasteiger charge is 2.22. The standard InChI is InChI=1S/C12H12Cl3NO3/c13-12(14,15)8-19-11(18)16-7-6-10(17)9-4-2-1-3-5-9/h1-5H,6-8H2,(H,16,18). The van der Waals surface area contributed by atoms with Crippen LogP contribution in [-0.4, -0.2) is 28.8 Å². The predicted molar refractivity (Wildman–Crippen MR) is 75.0 cm³/mol. The van der Waals surface area contributed by atoms with Crippen LogP contribution in [0.4, 0.5) is 4.79 Å². The first-order valence-electron chi connectivity index (χ1n) is 5.44. The van der Waals surface area contributed by atoms with Crippen molar-refractivity contribution in [3.63, 3.8) is 0 Å². The van der Waals surface area contributed by atoms with E-state index in [1.165, 1.54) is 0 Å². The van der Waals surface area contributed by atoms with Crippen LogP contribution in [0, 0.1) is 0 Å². The molecule has 0 fully saturated rings. The summed E-state index contributed by atoms with van der Waals surface area (Å²) in [7, 11) is 0. The molecule has 0 spiro atoms. The summed E-state index contributed by atoms with van der Waals surface area (Å²) in [4.78, 5) is 22.9. The summed E-state index contributed by atoms with van der Waals surface area (Å²) < 4.78 is 3.00. The van der Waals surface area contributed by atoms with Crippen LogP contribution in [0.25, 0.3) is 0 Å². The minimum absolute atomic E-state index is 0.0673. The topological polar surface area (TPSA) is 55.4 Å². The Morgan fingerprint density at radius 1 is 1.16 bits per heavy atom. The van der Waals surface area contributed by atoms with Crippen LogP contribution < -0.4 is 5.32 Å². The van der Waals surface area contributed by atoms with Crippen molar-refractivity contribution < 1.29 is 14.3 Å². The molecule has 1 aromatic carbocycles. The fourth-order valence-electron chi connectivity index (χ4n) is 1.24. The van der Waals surface area contributed by atoms with Crippen molar-refractivity contribution in [2.75, 3.05) is 13.2 Å². The lowest BCUT2D eigenvalue weighted by molar-refractivity contribution is 0.0981. The maximum Gasteiger partial charge on any atom is 0.407 e. The maximum atomic E-state index is 11.7. The third-order valence-electron chi connectivity index (χ3n) is 2.08. The van der Waals surface area contributed by atoms with Crippen molar-refractivity contribution in [1.29, 1.82) is 0 Å². The number of nitrogens with one attached hydrogen (secondary N) is 1. The van der Waals surface area contributed by atoms with Crippen LogP contribution in [0.15, 0.2) is 30.3 Å². The Morgan fingerprint density at radius 3 is 2.37 bits per heavy atom. The molecule has 0 aliphatic carbocycles. The fraction of sp³-hybridized carbons (Fsp3) is 0.333. The molecule has 7 heteroatoms. The minimum Gasteiger partial charge on any atom is -0.445 e. The molecule has 104 valence electrons. The van der Waals surface area contributed by atoms with Crippen LogP contribution >= 0.6 is 34.8 Å². The molecule has 0 saturated carbocycles. The Bertz CT molecular complexity index is 432. The number of hydrogen-bond donors (Lipinski definition) is 1. The molecule has 0 heterocycles. The number of carbonyl (C=O) groups is 2. The third-order valence-corrected chi connectivity index (χ3v) is 2.41. The molecule has 19 heavy (non-hydrogen) atoms. The number of Topliss-reactive ketones (excluding diaryl/α,β-unsaturated/α-hetero) is 1. The summed E-state index contributed by atoms with van der Waals surface area (Å²) in [6, 6.07) is 8.79. The number of amides is 1. The number of alkyl halides is 3. The summed E-state index contributed by atoms with van der Waals surface area (Å²) in [6.07, 6.45) is -0.556. The average Bonchev–Trinajstić information content (AvgIpc) is 2.36. The van der Waals surface area contributed by atoms with Gasteiger partial charge in [0, 0.05) is 18.5 Å². The van der Waals surface area contributed by atoms with Gasteiger partial charge >= 0.3 is 6.09 Å². The van der Waals surface area contributed by atoms with Crippen LogP contribution in [-0.2, 0) is 4.74 Å². The molecule has 0 aromatic heterocycles. The van der Waals surface area contributed by atoms with Crippen molar-refractivity contribution >= 4 is 46.7 Å². The summed E-state index contributed by atoms with van der Waals surface area (Å²) >= 11 is 16.2. The lowest BCUT2D eigenvalue weighted by Crippen LogP contribution is -2.29. The molecule has 0 aliphatic rings. The second kappa shape index (κ2) is 7.58. The summed E-state index contributed by atoms with van der Waals surface area (Å²) in [5.74, 6) is -0.0673. The molecular weight excluding hydrogens is 312 g/mol. The largest absolute Gasteiger partial charge is 0.445 e. The summed E-state index contributed by atoms with van der Waals surface area (Å²) in [6.45, 7) is -0.192. The van der Waals surface area contributed by atoms with E-state index in [0.29, 0.717) is 5.56 Å². The normalized spacial score (nSPS) is 10.9. The number of benzene rings is 1. The number of rotatable bonds is 5. The van der Waals surface area contributed by atoms with E-state index < -0.39 is 9.89 Å². The highest BCUT2D eigenvalue weighted by molar-refractivity contribution is 6.67. The van der Waals surface area contributed by atoms with Gasteiger partial charge in [-0.3, -0.25) is 4.79 Å². The van der Waals surface area contributed by atoms with E-state index in [2.05, 4.69) is 10.1 Å². The lowest BCUT2D eigenvalue weighted by atomic mass is 10.1. The van der Waals surface area contributed by atoms with Crippen LogP contribution in [0.1, 0.15) is 16.8 Å². The number of ether oxygens (including phenoxy) is 1. The molecule has 0 saturated heterocycles. The number of ketones is 1. The molecule has 4 nitrogen and oxygen atoms in total. The summed E-state index contributed by atoms with van der Waals surface area (Å²) in [5.41, 5.74) is 0.596. The molecule has 1 aromatic rings. The smallest absolute Gasteiger partial charge is 0.407 e. The van der Waals surface area contributed by atoms with Crippen molar-refractivity contribution in [2.45, 2.75) is 10.2 Å². The highest BCUT2D eigenvalue weighted by Crippen LogP contribution is 2.25. The molecule has 0 radical (unpaired) electrons. The van der Waals surface area contributed by atoms with Crippen molar-refractivity contribution in [3.05, 3.63) is 35.9 Å². The molecule has 1 rings (SSSR count). The van der Waals surface area contributed by atoms with E-state index in [1.807, 2.05) is 6.07 Å². The van der Waals surface area contributed by atoms with E-state index >= 15 is 0 Å². The highest BCUT2D eigenvalue weighted by atomic mass is 35.6. The van der Waals surface area contributed by atoms with Crippen LogP contribution in [0.5, 0.6) is 0 Å². The van der Waals surface area contributed by atoms with Crippen LogP contribution in [0.2, 0.25) is 0 Å². The fourth-order valence-corrected chi connectivity index (χ4v) is 1.41. The predicted octanol–water partition coefficient (Wildman–Crippen LogP) is 3.36. The Balaban J connectivity index is 2.24. The second-order valence-corrected chi connectivity index (χ2v) is 6.17. The van der Waals surface area contributed by atoms with Crippen molar-refractivity contribution in [1.82, 2.24) is 5.32 Å². The maximum absolute atomic E-state index is 11.7. The number of carbonyl (C=O) groups excluding carboxylic acids is 2. The van der Waals surface area contributed by atoms with E-state index in [1.54, 1.807) is 24.3 Å². The Morgan fingerprint density at radius 2 is 1.79 bits per heavy atom. The lowest BCUT2D eigenvalue weighted by Gasteiger charge is -2.11. The van der Waals surface area contributed by atoms with Crippen molar-refractivity contribution in [3.8, 4) is 0 Å². The number of hydrogen-bond acceptors (Lipinski definition) is 3. The van der Waals surface area contributed by atoms with E-state index in [9.17, 15) is 9.59 Å². The van der Waals surface area contributed by atoms with Gasteiger partial charge in [-0.25, -0.2) is 4.79 Å². The first-order chi connectivity index (χ1) is 8.88. The zero-order valence-corrected chi connectivity index (χ0v) is 12.1. The first-order valence-corrected chi connectivity index (χ1v) is 6.57. The Hall–Kier alpha value is -0.970. The quantitative estimate of drug-likeness (QED) is 0.667. The Labute approximate surface area is 126 Å². The van der Waals surface area contributed by atoms with Gasteiger partial charge in [-0.05, 0) is 0 Å². The third kappa shape index (κ3) is 7.25. The van der Waals surface area contributed by atoms with Gasteiger partial charge in [0.1, 0.15) is 6.61 Å². The van der Waals surface area contributed by atoms with Crippen LogP contribution in [0.3, 0.4) is 0 Å². The molecule has 0 unspecified atom stereocenters. The number of halogens is 3. The van der Waals surface area contributed by atoms with E-state index in [4.69, 9.17) is 34.8 Å². The zero-order chi connectivity index (χ0) is 14.3. The number of alkyl carbamates (subject to hydrolysis) is 1. The second-order valence-electron chi connectivity index (χ2n) is 3.66. The molecule has 1 amide bonds. The zero-order valence-electron chi connectivity index (χ0n) is 9.87.